The molecular weight excluding hydrogens is 355 g/mol. The molecule has 26 heavy (non-hydrogen) atoms. The van der Waals surface area contributed by atoms with E-state index in [0.29, 0.717) is 28.8 Å². The van der Waals surface area contributed by atoms with E-state index in [4.69, 9.17) is 11.6 Å². The summed E-state index contributed by atoms with van der Waals surface area (Å²) in [5.41, 5.74) is 1.97. The predicted octanol–water partition coefficient (Wildman–Crippen LogP) is 4.18. The van der Waals surface area contributed by atoms with E-state index < -0.39 is 0 Å². The Balaban J connectivity index is 1.51. The summed E-state index contributed by atoms with van der Waals surface area (Å²) in [5, 5.41) is 6.47. The second-order valence-corrected chi connectivity index (χ2v) is 6.00. The van der Waals surface area contributed by atoms with Crippen LogP contribution in [0.5, 0.6) is 0 Å². The minimum atomic E-state index is -0.361. The summed E-state index contributed by atoms with van der Waals surface area (Å²) < 4.78 is 12.9. The van der Waals surface area contributed by atoms with Gasteiger partial charge in [-0.1, -0.05) is 23.7 Å². The first kappa shape index (κ1) is 17.8. The number of nitrogens with zero attached hydrogens (tertiary/aromatic N) is 2. The zero-order valence-electron chi connectivity index (χ0n) is 13.7. The zero-order chi connectivity index (χ0) is 18.4. The van der Waals surface area contributed by atoms with Crippen LogP contribution in [0.4, 0.5) is 16.0 Å². The van der Waals surface area contributed by atoms with E-state index >= 15 is 0 Å². The van der Waals surface area contributed by atoms with E-state index in [-0.39, 0.29) is 11.7 Å². The summed E-state index contributed by atoms with van der Waals surface area (Å²) in [4.78, 5) is 20.4. The first-order valence-electron chi connectivity index (χ1n) is 7.97. The van der Waals surface area contributed by atoms with Crippen LogP contribution in [0.15, 0.2) is 60.9 Å². The maximum absolute atomic E-state index is 12.9. The number of carbonyl (C=O) groups excluding carboxylic acids is 1. The van der Waals surface area contributed by atoms with Gasteiger partial charge in [-0.3, -0.25) is 4.79 Å². The first-order chi connectivity index (χ1) is 12.6. The molecule has 5 nitrogen and oxygen atoms in total. The van der Waals surface area contributed by atoms with E-state index in [1.807, 2.05) is 24.3 Å². The average Bonchev–Trinajstić information content (AvgIpc) is 2.66. The normalized spacial score (nSPS) is 10.4. The molecular formula is C19H16ClFN4O. The molecule has 0 spiro atoms. The molecule has 0 atom stereocenters. The Morgan fingerprint density at radius 2 is 1.65 bits per heavy atom. The van der Waals surface area contributed by atoms with Crippen LogP contribution in [-0.4, -0.2) is 22.4 Å². The van der Waals surface area contributed by atoms with E-state index in [9.17, 15) is 9.18 Å². The van der Waals surface area contributed by atoms with Gasteiger partial charge in [-0.05, 0) is 48.4 Å². The van der Waals surface area contributed by atoms with Crippen molar-refractivity contribution in [3.05, 3.63) is 82.9 Å². The molecule has 0 aliphatic heterocycles. The van der Waals surface area contributed by atoms with Crippen LogP contribution in [0.2, 0.25) is 5.02 Å². The lowest BCUT2D eigenvalue weighted by Crippen LogP contribution is -2.14. The van der Waals surface area contributed by atoms with Crippen molar-refractivity contribution < 1.29 is 9.18 Å². The molecule has 3 aromatic rings. The smallest absolute Gasteiger partial charge is 0.258 e. The molecule has 132 valence electrons. The number of aromatic nitrogens is 2. The Kier molecular flexibility index (Phi) is 5.76. The van der Waals surface area contributed by atoms with Crippen LogP contribution < -0.4 is 10.6 Å². The molecule has 0 unspecified atom stereocenters. The molecule has 0 aliphatic rings. The van der Waals surface area contributed by atoms with Gasteiger partial charge >= 0.3 is 0 Å². The largest absolute Gasteiger partial charge is 0.354 e. The van der Waals surface area contributed by atoms with E-state index in [2.05, 4.69) is 20.6 Å². The quantitative estimate of drug-likeness (QED) is 0.683. The number of carbonyl (C=O) groups is 1. The fraction of sp³-hybridized carbons (Fsp3) is 0.105. The molecule has 1 aromatic heterocycles. The van der Waals surface area contributed by atoms with Gasteiger partial charge in [0.1, 0.15) is 5.82 Å². The zero-order valence-corrected chi connectivity index (χ0v) is 14.5. The minimum Gasteiger partial charge on any atom is -0.354 e. The third-order valence-corrected chi connectivity index (χ3v) is 3.88. The van der Waals surface area contributed by atoms with Crippen molar-refractivity contribution in [2.75, 3.05) is 17.2 Å². The first-order valence-corrected chi connectivity index (χ1v) is 8.35. The van der Waals surface area contributed by atoms with Crippen molar-refractivity contribution in [1.29, 1.82) is 0 Å². The van der Waals surface area contributed by atoms with Crippen LogP contribution in [0.25, 0.3) is 0 Å². The van der Waals surface area contributed by atoms with Crippen molar-refractivity contribution in [2.24, 2.45) is 0 Å². The Morgan fingerprint density at radius 1 is 1.00 bits per heavy atom. The second-order valence-electron chi connectivity index (χ2n) is 5.56. The number of hydrogen-bond donors (Lipinski definition) is 2. The second kappa shape index (κ2) is 8.40. The molecule has 0 saturated carbocycles. The summed E-state index contributed by atoms with van der Waals surface area (Å²) in [6.07, 6.45) is 3.68. The molecule has 0 bridgehead atoms. The van der Waals surface area contributed by atoms with Crippen molar-refractivity contribution in [3.8, 4) is 0 Å². The van der Waals surface area contributed by atoms with Gasteiger partial charge in [0.15, 0.2) is 0 Å². The fourth-order valence-electron chi connectivity index (χ4n) is 2.24. The highest BCUT2D eigenvalue weighted by Crippen LogP contribution is 2.11. The highest BCUT2D eigenvalue weighted by atomic mass is 35.5. The van der Waals surface area contributed by atoms with Gasteiger partial charge in [0.25, 0.3) is 5.91 Å². The number of rotatable bonds is 6. The fourth-order valence-corrected chi connectivity index (χ4v) is 2.37. The van der Waals surface area contributed by atoms with Gasteiger partial charge in [0.2, 0.25) is 5.95 Å². The van der Waals surface area contributed by atoms with Crippen molar-refractivity contribution in [1.82, 2.24) is 9.97 Å². The maximum atomic E-state index is 12.9. The number of hydrogen-bond acceptors (Lipinski definition) is 4. The number of amides is 1. The predicted molar refractivity (Wildman–Crippen MR) is 100 cm³/mol. The molecule has 3 rings (SSSR count). The molecule has 7 heteroatoms. The van der Waals surface area contributed by atoms with Gasteiger partial charge in [-0.2, -0.15) is 0 Å². The lowest BCUT2D eigenvalue weighted by atomic mass is 10.1. The van der Waals surface area contributed by atoms with Crippen LogP contribution >= 0.6 is 11.6 Å². The SMILES string of the molecule is O=C(Nc1ccc(F)cc1)c1cnc(NCCc2ccc(Cl)cc2)nc1. The Hall–Kier alpha value is -2.99. The van der Waals surface area contributed by atoms with Gasteiger partial charge in [0, 0.05) is 29.6 Å². The molecule has 0 aliphatic carbocycles. The van der Waals surface area contributed by atoms with Crippen LogP contribution in [0, 0.1) is 5.82 Å². The molecule has 0 radical (unpaired) electrons. The van der Waals surface area contributed by atoms with Crippen molar-refractivity contribution in [2.45, 2.75) is 6.42 Å². The minimum absolute atomic E-state index is 0.317. The monoisotopic (exact) mass is 370 g/mol. The number of halogens is 2. The molecule has 1 heterocycles. The molecule has 2 N–H and O–H groups in total. The molecule has 0 fully saturated rings. The van der Waals surface area contributed by atoms with E-state index in [1.165, 1.54) is 36.7 Å². The van der Waals surface area contributed by atoms with Gasteiger partial charge in [-0.15, -0.1) is 0 Å². The van der Waals surface area contributed by atoms with E-state index in [1.54, 1.807) is 0 Å². The summed E-state index contributed by atoms with van der Waals surface area (Å²) in [6, 6.07) is 13.2. The number of anilines is 2. The molecule has 1 amide bonds. The van der Waals surface area contributed by atoms with Crippen LogP contribution in [0.1, 0.15) is 15.9 Å². The van der Waals surface area contributed by atoms with Crippen molar-refractivity contribution in [3.63, 3.8) is 0 Å². The third-order valence-electron chi connectivity index (χ3n) is 3.63. The number of nitrogens with one attached hydrogen (secondary N) is 2. The summed E-state index contributed by atoms with van der Waals surface area (Å²) in [7, 11) is 0. The maximum Gasteiger partial charge on any atom is 0.258 e. The standard InChI is InChI=1S/C19H16ClFN4O/c20-15-3-1-13(2-4-15)9-10-22-19-23-11-14(12-24-19)18(26)25-17-7-5-16(21)6-8-17/h1-8,11-12H,9-10H2,(H,25,26)(H,22,23,24). The summed E-state index contributed by atoms with van der Waals surface area (Å²) in [6.45, 7) is 0.656. The van der Waals surface area contributed by atoms with Gasteiger partial charge in [-0.25, -0.2) is 14.4 Å². The molecule has 0 saturated heterocycles. The average molecular weight is 371 g/mol. The van der Waals surface area contributed by atoms with Gasteiger partial charge in [0.05, 0.1) is 5.56 Å². The van der Waals surface area contributed by atoms with Gasteiger partial charge < -0.3 is 10.6 Å². The van der Waals surface area contributed by atoms with Crippen LogP contribution in [0.3, 0.4) is 0 Å². The topological polar surface area (TPSA) is 66.9 Å². The summed E-state index contributed by atoms with van der Waals surface area (Å²) >= 11 is 5.85. The Bertz CT molecular complexity index is 868. The highest BCUT2D eigenvalue weighted by Gasteiger charge is 2.08. The number of benzene rings is 2. The Labute approximate surface area is 155 Å². The lowest BCUT2D eigenvalue weighted by molar-refractivity contribution is 0.102. The highest BCUT2D eigenvalue weighted by molar-refractivity contribution is 6.30. The lowest BCUT2D eigenvalue weighted by Gasteiger charge is -2.07. The third kappa shape index (κ3) is 5.00. The molecule has 2 aromatic carbocycles. The van der Waals surface area contributed by atoms with Crippen molar-refractivity contribution >= 4 is 29.1 Å². The van der Waals surface area contributed by atoms with Crippen LogP contribution in [-0.2, 0) is 6.42 Å². The summed E-state index contributed by atoms with van der Waals surface area (Å²) in [5.74, 6) is -0.276. The Morgan fingerprint density at radius 3 is 2.31 bits per heavy atom. The van der Waals surface area contributed by atoms with E-state index in [0.717, 1.165) is 12.0 Å².